The Labute approximate surface area is 151 Å². The molecule has 0 aliphatic heterocycles. The highest BCUT2D eigenvalue weighted by atomic mass is 16.6. The van der Waals surface area contributed by atoms with Gasteiger partial charge in [-0.1, -0.05) is 30.3 Å². The number of para-hydroxylation sites is 3. The summed E-state index contributed by atoms with van der Waals surface area (Å²) in [7, 11) is 1.61. The van der Waals surface area contributed by atoms with Crippen LogP contribution in [-0.4, -0.2) is 26.4 Å². The molecule has 0 aliphatic carbocycles. The maximum absolute atomic E-state index is 12.0. The highest BCUT2D eigenvalue weighted by Crippen LogP contribution is 2.37. The smallest absolute Gasteiger partial charge is 0.353 e. The zero-order valence-electron chi connectivity index (χ0n) is 14.0. The van der Waals surface area contributed by atoms with Crippen molar-refractivity contribution in [1.29, 1.82) is 0 Å². The molecular weight excluding hydrogens is 354 g/mol. The van der Waals surface area contributed by atoms with Crippen molar-refractivity contribution >= 4 is 39.8 Å². The van der Waals surface area contributed by atoms with Crippen LogP contribution in [0.4, 0.5) is 17.1 Å². The number of azo groups is 1. The number of nitrogens with zero attached hydrogens (tertiary/aromatic N) is 4. The molecule has 0 aliphatic rings. The summed E-state index contributed by atoms with van der Waals surface area (Å²) in [6.45, 7) is 0. The Morgan fingerprint density at radius 2 is 1.81 bits per heavy atom. The second-order valence-corrected chi connectivity index (χ2v) is 5.48. The molecule has 2 N–H and O–H groups in total. The van der Waals surface area contributed by atoms with Gasteiger partial charge in [-0.3, -0.25) is 19.7 Å². The normalized spacial score (nSPS) is 11.0. The van der Waals surface area contributed by atoms with Crippen molar-refractivity contribution in [3.8, 4) is 5.88 Å². The van der Waals surface area contributed by atoms with Crippen molar-refractivity contribution < 1.29 is 19.6 Å². The van der Waals surface area contributed by atoms with Crippen LogP contribution in [0.2, 0.25) is 0 Å². The molecule has 3 aromatic rings. The number of hydrogen-bond acceptors (Lipinski definition) is 6. The van der Waals surface area contributed by atoms with E-state index >= 15 is 0 Å². The number of carbonyl (C=O) groups excluding carboxylic acids is 2. The van der Waals surface area contributed by atoms with Gasteiger partial charge in [-0.05, 0) is 12.1 Å². The van der Waals surface area contributed by atoms with Crippen LogP contribution in [0.3, 0.4) is 0 Å². The van der Waals surface area contributed by atoms with Crippen LogP contribution < -0.4 is 5.32 Å². The SMILES string of the molecule is Cn1c(O)c(N=NC(=O)C(=O)Nc2ccccc2[N+](=O)[O-])c2ccccc21. The van der Waals surface area contributed by atoms with Crippen molar-refractivity contribution in [2.24, 2.45) is 17.3 Å². The zero-order valence-corrected chi connectivity index (χ0v) is 14.0. The molecule has 0 radical (unpaired) electrons. The highest BCUT2D eigenvalue weighted by Gasteiger charge is 2.20. The summed E-state index contributed by atoms with van der Waals surface area (Å²) in [5.74, 6) is -2.67. The lowest BCUT2D eigenvalue weighted by Gasteiger charge is -2.02. The molecule has 1 heterocycles. The average molecular weight is 367 g/mol. The summed E-state index contributed by atoms with van der Waals surface area (Å²) < 4.78 is 1.46. The van der Waals surface area contributed by atoms with Gasteiger partial charge < -0.3 is 15.0 Å². The number of anilines is 1. The molecule has 27 heavy (non-hydrogen) atoms. The van der Waals surface area contributed by atoms with Gasteiger partial charge in [0, 0.05) is 18.5 Å². The molecule has 10 nitrogen and oxygen atoms in total. The van der Waals surface area contributed by atoms with E-state index in [2.05, 4.69) is 15.5 Å². The first-order chi connectivity index (χ1) is 12.9. The summed E-state index contributed by atoms with van der Waals surface area (Å²) in [4.78, 5) is 34.1. The summed E-state index contributed by atoms with van der Waals surface area (Å²) in [6.07, 6.45) is 0. The lowest BCUT2D eigenvalue weighted by atomic mass is 10.2. The molecule has 3 rings (SSSR count). The third kappa shape index (κ3) is 3.35. The van der Waals surface area contributed by atoms with Crippen molar-refractivity contribution in [3.05, 3.63) is 58.6 Å². The number of aromatic nitrogens is 1. The lowest BCUT2D eigenvalue weighted by molar-refractivity contribution is -0.383. The minimum Gasteiger partial charge on any atom is -0.493 e. The maximum atomic E-state index is 12.0. The minimum atomic E-state index is -1.26. The fraction of sp³-hybridized carbons (Fsp3) is 0.0588. The molecule has 2 amide bonds. The largest absolute Gasteiger partial charge is 0.493 e. The lowest BCUT2D eigenvalue weighted by Crippen LogP contribution is -2.21. The van der Waals surface area contributed by atoms with Crippen LogP contribution in [0.25, 0.3) is 10.9 Å². The molecule has 0 saturated carbocycles. The second-order valence-electron chi connectivity index (χ2n) is 5.48. The predicted molar refractivity (Wildman–Crippen MR) is 95.8 cm³/mol. The number of rotatable bonds is 3. The van der Waals surface area contributed by atoms with Crippen LogP contribution >= 0.6 is 0 Å². The first kappa shape index (κ1) is 17.7. The van der Waals surface area contributed by atoms with Gasteiger partial charge in [0.15, 0.2) is 5.69 Å². The fourth-order valence-corrected chi connectivity index (χ4v) is 2.51. The molecule has 10 heteroatoms. The Balaban J connectivity index is 1.83. The topological polar surface area (TPSA) is 139 Å². The van der Waals surface area contributed by atoms with Gasteiger partial charge in [-0.15, -0.1) is 10.2 Å². The van der Waals surface area contributed by atoms with Gasteiger partial charge in [0.05, 0.1) is 10.4 Å². The quantitative estimate of drug-likeness (QED) is 0.317. The second kappa shape index (κ2) is 7.04. The van der Waals surface area contributed by atoms with Gasteiger partial charge in [-0.2, -0.15) is 0 Å². The first-order valence-corrected chi connectivity index (χ1v) is 7.67. The van der Waals surface area contributed by atoms with Crippen LogP contribution in [0.1, 0.15) is 0 Å². The Bertz CT molecular complexity index is 1100. The van der Waals surface area contributed by atoms with E-state index < -0.39 is 16.7 Å². The molecule has 0 saturated heterocycles. The van der Waals surface area contributed by atoms with Gasteiger partial charge in [0.1, 0.15) is 5.69 Å². The summed E-state index contributed by atoms with van der Waals surface area (Å²) in [5, 5.41) is 30.8. The van der Waals surface area contributed by atoms with E-state index in [0.717, 1.165) is 0 Å². The number of nitro benzene ring substituents is 1. The summed E-state index contributed by atoms with van der Waals surface area (Å²) in [5.41, 5.74) is 0.215. The van der Waals surface area contributed by atoms with E-state index in [1.165, 1.54) is 28.8 Å². The van der Waals surface area contributed by atoms with Crippen molar-refractivity contribution in [3.63, 3.8) is 0 Å². The number of aryl methyl sites for hydroxylation is 1. The number of benzene rings is 2. The molecule has 0 fully saturated rings. The third-order valence-electron chi connectivity index (χ3n) is 3.83. The number of carbonyl (C=O) groups is 2. The van der Waals surface area contributed by atoms with E-state index in [-0.39, 0.29) is 22.9 Å². The van der Waals surface area contributed by atoms with Crippen LogP contribution in [-0.2, 0) is 16.6 Å². The fourth-order valence-electron chi connectivity index (χ4n) is 2.51. The van der Waals surface area contributed by atoms with Crippen LogP contribution in [0.15, 0.2) is 58.8 Å². The van der Waals surface area contributed by atoms with Crippen LogP contribution in [0, 0.1) is 10.1 Å². The van der Waals surface area contributed by atoms with E-state index in [1.54, 1.807) is 31.3 Å². The third-order valence-corrected chi connectivity index (χ3v) is 3.83. The minimum absolute atomic E-state index is 0.0416. The number of amides is 2. The molecule has 0 spiro atoms. The Morgan fingerprint density at radius 3 is 2.56 bits per heavy atom. The van der Waals surface area contributed by atoms with Crippen molar-refractivity contribution in [2.75, 3.05) is 5.32 Å². The average Bonchev–Trinajstić information content (AvgIpc) is 2.91. The number of nitrogens with one attached hydrogen (secondary N) is 1. The van der Waals surface area contributed by atoms with Crippen molar-refractivity contribution in [1.82, 2.24) is 4.57 Å². The number of aromatic hydroxyl groups is 1. The zero-order chi connectivity index (χ0) is 19.6. The summed E-state index contributed by atoms with van der Waals surface area (Å²) >= 11 is 0. The number of hydrogen-bond donors (Lipinski definition) is 2. The molecule has 0 bridgehead atoms. The van der Waals surface area contributed by atoms with E-state index in [9.17, 15) is 24.8 Å². The van der Waals surface area contributed by atoms with Gasteiger partial charge in [0.2, 0.25) is 5.88 Å². The van der Waals surface area contributed by atoms with Gasteiger partial charge >= 0.3 is 11.8 Å². The van der Waals surface area contributed by atoms with Crippen molar-refractivity contribution in [2.45, 2.75) is 0 Å². The van der Waals surface area contributed by atoms with Gasteiger partial charge in [-0.25, -0.2) is 0 Å². The molecule has 0 unspecified atom stereocenters. The van der Waals surface area contributed by atoms with E-state index in [1.807, 2.05) is 0 Å². The Morgan fingerprint density at radius 1 is 1.15 bits per heavy atom. The number of nitro groups is 1. The molecule has 136 valence electrons. The first-order valence-electron chi connectivity index (χ1n) is 7.67. The summed E-state index contributed by atoms with van der Waals surface area (Å²) in [6, 6.07) is 12.3. The molecule has 2 aromatic carbocycles. The van der Waals surface area contributed by atoms with Crippen LogP contribution in [0.5, 0.6) is 5.88 Å². The standard InChI is InChI=1S/C17H13N5O5/c1-21-12-8-4-2-6-10(12)14(17(21)25)19-20-16(24)15(23)18-11-7-3-5-9-13(11)22(26)27/h2-9,25H,1H3,(H,18,23). The Kier molecular flexibility index (Phi) is 4.62. The number of fused-ring (bicyclic) bond motifs is 1. The Hall–Kier alpha value is -4.08. The molecule has 0 atom stereocenters. The van der Waals surface area contributed by atoms with Gasteiger partial charge in [0.25, 0.3) is 5.69 Å². The van der Waals surface area contributed by atoms with E-state index in [4.69, 9.17) is 0 Å². The maximum Gasteiger partial charge on any atom is 0.353 e. The molecule has 1 aromatic heterocycles. The predicted octanol–water partition coefficient (Wildman–Crippen LogP) is 3.04. The highest BCUT2D eigenvalue weighted by molar-refractivity contribution is 6.40. The molecular formula is C17H13N5O5. The van der Waals surface area contributed by atoms with E-state index in [0.29, 0.717) is 10.9 Å². The monoisotopic (exact) mass is 367 g/mol.